The number of nitrogens with one attached hydrogen (secondary N) is 1. The second-order valence-corrected chi connectivity index (χ2v) is 6.23. The molecule has 132 valence electrons. The molecule has 1 N–H and O–H groups in total. The first-order chi connectivity index (χ1) is 12.2. The van der Waals surface area contributed by atoms with Crippen LogP contribution in [0.4, 0.5) is 11.6 Å². The molecule has 0 saturated carbocycles. The van der Waals surface area contributed by atoms with E-state index in [-0.39, 0.29) is 11.8 Å². The van der Waals surface area contributed by atoms with E-state index in [1.54, 1.807) is 6.20 Å². The number of carbonyl (C=O) groups excluding carboxylic acids is 1. The van der Waals surface area contributed by atoms with Crippen molar-refractivity contribution in [2.24, 2.45) is 5.92 Å². The molecule has 1 aliphatic heterocycles. The van der Waals surface area contributed by atoms with Crippen LogP contribution in [-0.4, -0.2) is 35.6 Å². The maximum absolute atomic E-state index is 12.7. The summed E-state index contributed by atoms with van der Waals surface area (Å²) in [6, 6.07) is 9.38. The van der Waals surface area contributed by atoms with Crippen LogP contribution < -0.4 is 15.0 Å². The molecule has 6 nitrogen and oxygen atoms in total. The predicted octanol–water partition coefficient (Wildman–Crippen LogP) is 3.04. The van der Waals surface area contributed by atoms with Crippen LogP contribution in [0.2, 0.25) is 0 Å². The van der Waals surface area contributed by atoms with Crippen LogP contribution >= 0.6 is 0 Å². The van der Waals surface area contributed by atoms with Gasteiger partial charge in [-0.1, -0.05) is 6.07 Å². The summed E-state index contributed by atoms with van der Waals surface area (Å²) in [5, 5.41) is 3.01. The third-order valence-electron chi connectivity index (χ3n) is 4.27. The Morgan fingerprint density at radius 1 is 1.40 bits per heavy atom. The highest BCUT2D eigenvalue weighted by molar-refractivity contribution is 5.93. The van der Waals surface area contributed by atoms with E-state index in [9.17, 15) is 4.79 Å². The molecule has 3 rings (SSSR count). The lowest BCUT2D eigenvalue weighted by Crippen LogP contribution is -2.41. The number of hydrogen-bond donors (Lipinski definition) is 1. The quantitative estimate of drug-likeness (QED) is 0.906. The van der Waals surface area contributed by atoms with Crippen molar-refractivity contribution >= 4 is 17.5 Å². The number of hydrogen-bond acceptors (Lipinski definition) is 5. The van der Waals surface area contributed by atoms with E-state index in [1.165, 1.54) is 0 Å². The first-order valence-electron chi connectivity index (χ1n) is 8.74. The molecule has 1 atom stereocenters. The van der Waals surface area contributed by atoms with Crippen molar-refractivity contribution in [3.63, 3.8) is 0 Å². The maximum atomic E-state index is 12.7. The Labute approximate surface area is 148 Å². The molecule has 1 aromatic carbocycles. The first kappa shape index (κ1) is 17.2. The van der Waals surface area contributed by atoms with Crippen molar-refractivity contribution < 1.29 is 9.53 Å². The molecule has 2 heterocycles. The number of aromatic nitrogens is 2. The Balaban J connectivity index is 1.65. The number of rotatable bonds is 5. The van der Waals surface area contributed by atoms with Gasteiger partial charge < -0.3 is 15.0 Å². The van der Waals surface area contributed by atoms with Crippen LogP contribution in [0.3, 0.4) is 0 Å². The fourth-order valence-corrected chi connectivity index (χ4v) is 3.04. The summed E-state index contributed by atoms with van der Waals surface area (Å²) in [7, 11) is 0. The van der Waals surface area contributed by atoms with Gasteiger partial charge in [0.1, 0.15) is 5.75 Å². The zero-order chi connectivity index (χ0) is 17.6. The zero-order valence-electron chi connectivity index (χ0n) is 14.7. The number of anilines is 2. The Morgan fingerprint density at radius 3 is 3.08 bits per heavy atom. The lowest BCUT2D eigenvalue weighted by Gasteiger charge is -2.32. The van der Waals surface area contributed by atoms with Gasteiger partial charge in [-0.25, -0.2) is 9.97 Å². The third-order valence-corrected chi connectivity index (χ3v) is 4.27. The van der Waals surface area contributed by atoms with E-state index in [1.807, 2.05) is 44.2 Å². The number of ether oxygens (including phenoxy) is 1. The minimum absolute atomic E-state index is 0.0333. The number of benzene rings is 1. The molecule has 0 spiro atoms. The first-order valence-corrected chi connectivity index (χ1v) is 8.74. The third kappa shape index (κ3) is 4.47. The average molecular weight is 340 g/mol. The Morgan fingerprint density at radius 2 is 2.28 bits per heavy atom. The highest BCUT2D eigenvalue weighted by atomic mass is 16.5. The van der Waals surface area contributed by atoms with Gasteiger partial charge in [0.25, 0.3) is 0 Å². The van der Waals surface area contributed by atoms with Gasteiger partial charge in [0.05, 0.1) is 12.5 Å². The summed E-state index contributed by atoms with van der Waals surface area (Å²) >= 11 is 0. The van der Waals surface area contributed by atoms with Gasteiger partial charge in [-0.2, -0.15) is 0 Å². The molecule has 0 aliphatic carbocycles. The normalized spacial score (nSPS) is 17.2. The van der Waals surface area contributed by atoms with E-state index in [4.69, 9.17) is 4.74 Å². The molecule has 6 heteroatoms. The van der Waals surface area contributed by atoms with Crippen molar-refractivity contribution in [3.05, 3.63) is 42.2 Å². The number of piperidine rings is 1. The monoisotopic (exact) mass is 340 g/mol. The standard InChI is InChI=1S/C19H24N4O2/c1-3-25-17-8-4-7-16(12-17)22-18(24)15-6-5-11-23(13-15)19-20-10-9-14(2)21-19/h4,7-10,12,15H,3,5-6,11,13H2,1-2H3,(H,22,24). The van der Waals surface area contributed by atoms with Gasteiger partial charge in [-0.15, -0.1) is 0 Å². The number of nitrogens with zero attached hydrogens (tertiary/aromatic N) is 3. The smallest absolute Gasteiger partial charge is 0.229 e. The Bertz CT molecular complexity index is 735. The lowest BCUT2D eigenvalue weighted by atomic mass is 9.97. The number of amides is 1. The molecule has 1 aromatic heterocycles. The molecule has 2 aromatic rings. The fourth-order valence-electron chi connectivity index (χ4n) is 3.04. The van der Waals surface area contributed by atoms with Crippen molar-refractivity contribution in [1.29, 1.82) is 0 Å². The van der Waals surface area contributed by atoms with Crippen molar-refractivity contribution in [3.8, 4) is 5.75 Å². The maximum Gasteiger partial charge on any atom is 0.229 e. The molecule has 1 saturated heterocycles. The van der Waals surface area contributed by atoms with Gasteiger partial charge in [-0.05, 0) is 44.9 Å². The minimum Gasteiger partial charge on any atom is -0.494 e. The summed E-state index contributed by atoms with van der Waals surface area (Å²) < 4.78 is 5.48. The van der Waals surface area contributed by atoms with E-state index in [0.717, 1.165) is 36.5 Å². The summed E-state index contributed by atoms with van der Waals surface area (Å²) in [4.78, 5) is 23.6. The van der Waals surface area contributed by atoms with Gasteiger partial charge in [0.15, 0.2) is 0 Å². The zero-order valence-corrected chi connectivity index (χ0v) is 14.7. The van der Waals surface area contributed by atoms with Crippen molar-refractivity contribution in [2.75, 3.05) is 29.9 Å². The number of carbonyl (C=O) groups is 1. The molecule has 1 unspecified atom stereocenters. The molecular formula is C19H24N4O2. The van der Waals surface area contributed by atoms with Gasteiger partial charge in [0.2, 0.25) is 11.9 Å². The predicted molar refractivity (Wildman–Crippen MR) is 97.9 cm³/mol. The SMILES string of the molecule is CCOc1cccc(NC(=O)C2CCCN(c3nccc(C)n3)C2)c1. The summed E-state index contributed by atoms with van der Waals surface area (Å²) in [5.74, 6) is 1.43. The topological polar surface area (TPSA) is 67.3 Å². The van der Waals surface area contributed by atoms with Gasteiger partial charge >= 0.3 is 0 Å². The average Bonchev–Trinajstić information content (AvgIpc) is 2.62. The van der Waals surface area contributed by atoms with Crippen molar-refractivity contribution in [2.45, 2.75) is 26.7 Å². The van der Waals surface area contributed by atoms with Crippen LogP contribution in [0.1, 0.15) is 25.5 Å². The fraction of sp³-hybridized carbons (Fsp3) is 0.421. The van der Waals surface area contributed by atoms with Crippen molar-refractivity contribution in [1.82, 2.24) is 9.97 Å². The summed E-state index contributed by atoms with van der Waals surface area (Å²) in [6.07, 6.45) is 3.59. The highest BCUT2D eigenvalue weighted by Crippen LogP contribution is 2.23. The molecule has 1 fully saturated rings. The van der Waals surface area contributed by atoms with Gasteiger partial charge in [0, 0.05) is 36.7 Å². The Kier molecular flexibility index (Phi) is 5.48. The van der Waals surface area contributed by atoms with E-state index >= 15 is 0 Å². The molecular weight excluding hydrogens is 316 g/mol. The van der Waals surface area contributed by atoms with Crippen LogP contribution in [-0.2, 0) is 4.79 Å². The second kappa shape index (κ2) is 7.96. The molecule has 0 bridgehead atoms. The largest absolute Gasteiger partial charge is 0.494 e. The molecule has 1 aliphatic rings. The molecule has 0 radical (unpaired) electrons. The van der Waals surface area contributed by atoms with E-state index in [0.29, 0.717) is 19.1 Å². The van der Waals surface area contributed by atoms with Crippen LogP contribution in [0, 0.1) is 12.8 Å². The summed E-state index contributed by atoms with van der Waals surface area (Å²) in [6.45, 7) is 6.01. The van der Waals surface area contributed by atoms with E-state index < -0.39 is 0 Å². The number of aryl methyl sites for hydroxylation is 1. The van der Waals surface area contributed by atoms with Crippen LogP contribution in [0.25, 0.3) is 0 Å². The second-order valence-electron chi connectivity index (χ2n) is 6.23. The van der Waals surface area contributed by atoms with Crippen LogP contribution in [0.15, 0.2) is 36.5 Å². The molecule has 1 amide bonds. The highest BCUT2D eigenvalue weighted by Gasteiger charge is 2.27. The van der Waals surface area contributed by atoms with Crippen LogP contribution in [0.5, 0.6) is 5.75 Å². The Hall–Kier alpha value is -2.63. The summed E-state index contributed by atoms with van der Waals surface area (Å²) in [5.41, 5.74) is 1.70. The van der Waals surface area contributed by atoms with Gasteiger partial charge in [-0.3, -0.25) is 4.79 Å². The molecule has 25 heavy (non-hydrogen) atoms. The van der Waals surface area contributed by atoms with E-state index in [2.05, 4.69) is 20.2 Å². The lowest BCUT2D eigenvalue weighted by molar-refractivity contribution is -0.120. The minimum atomic E-state index is -0.0754.